The normalized spacial score (nSPS) is 18.3. The number of benzene rings is 3. The Morgan fingerprint density at radius 2 is 1.57 bits per heavy atom. The molecular formula is C31H39N3O5S. The lowest BCUT2D eigenvalue weighted by Gasteiger charge is -2.35. The van der Waals surface area contributed by atoms with Gasteiger partial charge in [-0.15, -0.1) is 0 Å². The van der Waals surface area contributed by atoms with Gasteiger partial charge in [-0.2, -0.15) is 8.42 Å². The van der Waals surface area contributed by atoms with E-state index >= 15 is 0 Å². The van der Waals surface area contributed by atoms with Gasteiger partial charge in [0.25, 0.3) is 0 Å². The summed E-state index contributed by atoms with van der Waals surface area (Å²) in [4.78, 5) is 16.9. The molecule has 1 N–H and O–H groups in total. The van der Waals surface area contributed by atoms with Gasteiger partial charge in [0.1, 0.15) is 6.61 Å². The van der Waals surface area contributed by atoms with Crippen LogP contribution in [0.2, 0.25) is 0 Å². The van der Waals surface area contributed by atoms with Gasteiger partial charge < -0.3 is 19.7 Å². The minimum absolute atomic E-state index is 0.0686. The Labute approximate surface area is 238 Å². The topological polar surface area (TPSA) is 88.2 Å². The first-order chi connectivity index (χ1) is 19.5. The van der Waals surface area contributed by atoms with Crippen LogP contribution < -0.4 is 5.32 Å². The van der Waals surface area contributed by atoms with Crippen molar-refractivity contribution in [2.45, 2.75) is 31.3 Å². The van der Waals surface area contributed by atoms with Crippen molar-refractivity contribution in [2.75, 3.05) is 53.0 Å². The minimum atomic E-state index is -2.49. The number of carbonyl (C=O) groups is 1. The summed E-state index contributed by atoms with van der Waals surface area (Å²) in [6.45, 7) is 4.14. The van der Waals surface area contributed by atoms with Gasteiger partial charge in [-0.05, 0) is 35.7 Å². The van der Waals surface area contributed by atoms with Crippen molar-refractivity contribution >= 4 is 32.0 Å². The van der Waals surface area contributed by atoms with Crippen molar-refractivity contribution in [3.8, 4) is 0 Å². The molecule has 8 nitrogen and oxygen atoms in total. The molecule has 2 aliphatic rings. The number of morpholine rings is 1. The largest absolute Gasteiger partial charge is 0.379 e. The summed E-state index contributed by atoms with van der Waals surface area (Å²) in [7, 11) is -0.747. The average Bonchev–Trinajstić information content (AvgIpc) is 3.01. The van der Waals surface area contributed by atoms with E-state index in [-0.39, 0.29) is 29.6 Å². The van der Waals surface area contributed by atoms with Crippen molar-refractivity contribution < 1.29 is 22.7 Å². The van der Waals surface area contributed by atoms with E-state index in [2.05, 4.69) is 58.7 Å². The van der Waals surface area contributed by atoms with E-state index in [1.165, 1.54) is 10.8 Å². The van der Waals surface area contributed by atoms with Gasteiger partial charge in [-0.1, -0.05) is 85.3 Å². The van der Waals surface area contributed by atoms with Crippen LogP contribution in [-0.4, -0.2) is 88.3 Å². The monoisotopic (exact) mass is 565 g/mol. The Bertz CT molecular complexity index is 1280. The fourth-order valence-electron chi connectivity index (χ4n) is 5.01. The summed E-state index contributed by atoms with van der Waals surface area (Å²) in [5, 5.41) is 5.71. The fourth-order valence-corrected chi connectivity index (χ4v) is 5.60. The Balaban J connectivity index is 0.000000307. The Morgan fingerprint density at radius 3 is 2.12 bits per heavy atom. The van der Waals surface area contributed by atoms with E-state index in [4.69, 9.17) is 9.47 Å². The molecule has 0 radical (unpaired) electrons. The number of fused-ring (bicyclic) bond motifs is 1. The first kappa shape index (κ1) is 29.9. The lowest BCUT2D eigenvalue weighted by molar-refractivity contribution is -0.135. The molecule has 2 heterocycles. The number of amides is 1. The maximum atomic E-state index is 12.9. The molecule has 214 valence electrons. The smallest absolute Gasteiger partial charge is 0.249 e. The zero-order valence-corrected chi connectivity index (χ0v) is 23.9. The number of rotatable bonds is 7. The molecule has 5 rings (SSSR count). The molecule has 40 heavy (non-hydrogen) atoms. The third-order valence-electron chi connectivity index (χ3n) is 7.34. The molecule has 0 aliphatic carbocycles. The molecule has 2 atom stereocenters. The standard InChI is InChI=1S/C21H31N3O5S.C10H8/c1-23(20(25)16-29-21(30(26)27)18-9-5-6-10-22-18)19(17-7-3-2-4-8-17)15-24-11-13-28-14-12-24;1-2-6-10-8-4-3-7-9(10)5-1/h2-4,7-8,18-19,22H,5-6,9-16H2,1H3;1-8H. The van der Waals surface area contributed by atoms with E-state index in [0.29, 0.717) is 26.2 Å². The molecule has 1 amide bonds. The summed E-state index contributed by atoms with van der Waals surface area (Å²) in [6, 6.07) is 26.1. The molecule has 0 spiro atoms. The molecule has 3 aromatic carbocycles. The molecule has 2 aliphatic heterocycles. The van der Waals surface area contributed by atoms with E-state index in [9.17, 15) is 13.2 Å². The van der Waals surface area contributed by atoms with Crippen molar-refractivity contribution in [3.05, 3.63) is 84.4 Å². The van der Waals surface area contributed by atoms with Gasteiger partial charge >= 0.3 is 0 Å². The lowest BCUT2D eigenvalue weighted by Crippen LogP contribution is -2.46. The SMILES string of the molecule is CN(C(=O)COC(C1CCCCN1)=S(=O)=O)C(CN1CCOCC1)c1ccccc1.c1ccc2ccccc2c1. The highest BCUT2D eigenvalue weighted by atomic mass is 32.2. The Morgan fingerprint density at radius 1 is 0.975 bits per heavy atom. The highest BCUT2D eigenvalue weighted by molar-refractivity contribution is 7.72. The van der Waals surface area contributed by atoms with Crippen LogP contribution in [0, 0.1) is 0 Å². The molecule has 0 saturated carbocycles. The Hall–Kier alpha value is -3.08. The van der Waals surface area contributed by atoms with Gasteiger partial charge in [0.15, 0.2) is 5.05 Å². The zero-order chi connectivity index (χ0) is 28.2. The lowest BCUT2D eigenvalue weighted by atomic mass is 10.0. The highest BCUT2D eigenvalue weighted by Crippen LogP contribution is 2.22. The number of ether oxygens (including phenoxy) is 2. The molecule has 2 saturated heterocycles. The molecule has 2 unspecified atom stereocenters. The summed E-state index contributed by atoms with van der Waals surface area (Å²) in [5.41, 5.74) is 1.03. The van der Waals surface area contributed by atoms with Crippen LogP contribution >= 0.6 is 0 Å². The van der Waals surface area contributed by atoms with Gasteiger partial charge in [0, 0.05) is 26.7 Å². The van der Waals surface area contributed by atoms with Crippen molar-refractivity contribution in [2.24, 2.45) is 0 Å². The molecule has 3 aromatic rings. The summed E-state index contributed by atoms with van der Waals surface area (Å²) in [5.74, 6) is -0.254. The number of nitrogens with one attached hydrogen (secondary N) is 1. The Kier molecular flexibility index (Phi) is 11.7. The maximum absolute atomic E-state index is 12.9. The summed E-state index contributed by atoms with van der Waals surface area (Å²) >= 11 is 0. The third-order valence-corrected chi connectivity index (χ3v) is 8.07. The van der Waals surface area contributed by atoms with Crippen LogP contribution in [0.3, 0.4) is 0 Å². The highest BCUT2D eigenvalue weighted by Gasteiger charge is 2.27. The molecule has 0 bridgehead atoms. The number of hydrogen-bond donors (Lipinski definition) is 1. The van der Waals surface area contributed by atoms with Crippen LogP contribution in [0.25, 0.3) is 10.8 Å². The first-order valence-electron chi connectivity index (χ1n) is 13.9. The predicted molar refractivity (Wildman–Crippen MR) is 159 cm³/mol. The minimum Gasteiger partial charge on any atom is -0.379 e. The first-order valence-corrected chi connectivity index (χ1v) is 15.0. The molecule has 0 aromatic heterocycles. The maximum Gasteiger partial charge on any atom is 0.249 e. The number of nitrogens with zero attached hydrogens (tertiary/aromatic N) is 2. The third kappa shape index (κ3) is 8.71. The van der Waals surface area contributed by atoms with Crippen molar-refractivity contribution in [1.82, 2.24) is 15.1 Å². The number of hydrogen-bond acceptors (Lipinski definition) is 7. The average molecular weight is 566 g/mol. The quantitative estimate of drug-likeness (QED) is 0.439. The second-order valence-corrected chi connectivity index (χ2v) is 10.9. The van der Waals surface area contributed by atoms with Gasteiger partial charge in [0.05, 0.1) is 25.3 Å². The second-order valence-electron chi connectivity index (χ2n) is 10.0. The fraction of sp³-hybridized carbons (Fsp3) is 0.419. The van der Waals surface area contributed by atoms with Gasteiger partial charge in [-0.25, -0.2) is 0 Å². The van der Waals surface area contributed by atoms with Crippen LogP contribution in [0.15, 0.2) is 78.9 Å². The zero-order valence-electron chi connectivity index (χ0n) is 23.1. The summed E-state index contributed by atoms with van der Waals surface area (Å²) in [6.07, 6.45) is 2.64. The molecular weight excluding hydrogens is 526 g/mol. The van der Waals surface area contributed by atoms with Crippen LogP contribution in [0.5, 0.6) is 0 Å². The van der Waals surface area contributed by atoms with E-state index in [0.717, 1.165) is 38.0 Å². The van der Waals surface area contributed by atoms with Crippen LogP contribution in [-0.2, 0) is 24.6 Å². The van der Waals surface area contributed by atoms with Crippen LogP contribution in [0.1, 0.15) is 30.9 Å². The summed E-state index contributed by atoms with van der Waals surface area (Å²) < 4.78 is 34.3. The second kappa shape index (κ2) is 15.6. The van der Waals surface area contributed by atoms with E-state index in [1.807, 2.05) is 30.3 Å². The van der Waals surface area contributed by atoms with E-state index < -0.39 is 10.3 Å². The van der Waals surface area contributed by atoms with E-state index in [1.54, 1.807) is 11.9 Å². The number of carbonyl (C=O) groups excluding carboxylic acids is 1. The van der Waals surface area contributed by atoms with Gasteiger partial charge in [-0.3, -0.25) is 9.69 Å². The number of piperidine rings is 1. The van der Waals surface area contributed by atoms with Crippen LogP contribution in [0.4, 0.5) is 0 Å². The van der Waals surface area contributed by atoms with Gasteiger partial charge in [0.2, 0.25) is 16.2 Å². The predicted octanol–water partition coefficient (Wildman–Crippen LogP) is 3.53. The molecule has 9 heteroatoms. The van der Waals surface area contributed by atoms with Crippen molar-refractivity contribution in [1.29, 1.82) is 0 Å². The van der Waals surface area contributed by atoms with Crippen molar-refractivity contribution in [3.63, 3.8) is 0 Å². The number of likely N-dealkylation sites (N-methyl/N-ethyl adjacent to an activating group) is 1. The molecule has 2 fully saturated rings.